The predicted octanol–water partition coefficient (Wildman–Crippen LogP) is 4.52. The van der Waals surface area contributed by atoms with E-state index in [1.54, 1.807) is 11.3 Å². The molecule has 0 unspecified atom stereocenters. The molecule has 1 aromatic carbocycles. The van der Waals surface area contributed by atoms with Gasteiger partial charge in [-0.1, -0.05) is 32.9 Å². The van der Waals surface area contributed by atoms with Crippen LogP contribution in [0.3, 0.4) is 0 Å². The molecule has 1 nitrogen and oxygen atoms in total. The fourth-order valence-electron chi connectivity index (χ4n) is 1.70. The number of benzene rings is 1. The summed E-state index contributed by atoms with van der Waals surface area (Å²) in [6, 6.07) is 8.03. The van der Waals surface area contributed by atoms with E-state index in [1.807, 2.05) is 31.4 Å². The Bertz CT molecular complexity index is 522. The zero-order valence-corrected chi connectivity index (χ0v) is 10.7. The van der Waals surface area contributed by atoms with Crippen LogP contribution >= 0.6 is 11.3 Å². The van der Waals surface area contributed by atoms with Crippen molar-refractivity contribution in [1.82, 2.24) is 0 Å². The maximum Gasteiger partial charge on any atom is 0.169 e. The van der Waals surface area contributed by atoms with E-state index in [-0.39, 0.29) is 11.2 Å². The average molecular weight is 232 g/mol. The van der Waals surface area contributed by atoms with Crippen molar-refractivity contribution < 1.29 is 4.79 Å². The van der Waals surface area contributed by atoms with Crippen molar-refractivity contribution >= 4 is 27.2 Å². The molecule has 1 aromatic heterocycles. The van der Waals surface area contributed by atoms with Gasteiger partial charge in [-0.3, -0.25) is 4.79 Å². The molecule has 0 fully saturated rings. The molecule has 0 aliphatic rings. The molecule has 2 aromatic rings. The minimum Gasteiger partial charge on any atom is -0.294 e. The highest BCUT2D eigenvalue weighted by atomic mass is 32.1. The number of hydrogen-bond acceptors (Lipinski definition) is 2. The van der Waals surface area contributed by atoms with Crippen molar-refractivity contribution in [2.24, 2.45) is 5.41 Å². The highest BCUT2D eigenvalue weighted by Crippen LogP contribution is 2.31. The normalized spacial score (nSPS) is 11.9. The first-order valence-electron chi connectivity index (χ1n) is 5.57. The van der Waals surface area contributed by atoms with Crippen LogP contribution in [0.25, 0.3) is 10.1 Å². The third kappa shape index (κ3) is 1.78. The summed E-state index contributed by atoms with van der Waals surface area (Å²) in [4.78, 5) is 12.4. The average Bonchev–Trinajstić information content (AvgIpc) is 2.75. The highest BCUT2D eigenvalue weighted by Gasteiger charge is 2.27. The van der Waals surface area contributed by atoms with E-state index in [0.29, 0.717) is 0 Å². The van der Waals surface area contributed by atoms with Crippen LogP contribution in [-0.4, -0.2) is 5.78 Å². The molecule has 0 saturated carbocycles. The first kappa shape index (κ1) is 11.3. The van der Waals surface area contributed by atoms with Crippen molar-refractivity contribution in [1.29, 1.82) is 0 Å². The number of ketones is 1. The molecule has 0 aliphatic carbocycles. The van der Waals surface area contributed by atoms with Crippen molar-refractivity contribution in [3.8, 4) is 0 Å². The molecular formula is C14H16OS. The molecule has 2 heteroatoms. The quantitative estimate of drug-likeness (QED) is 0.711. The summed E-state index contributed by atoms with van der Waals surface area (Å²) in [5.41, 5.74) is 0.609. The molecule has 16 heavy (non-hydrogen) atoms. The van der Waals surface area contributed by atoms with Crippen LogP contribution in [0.1, 0.15) is 37.6 Å². The Hall–Kier alpha value is -1.15. The van der Waals surface area contributed by atoms with Crippen molar-refractivity contribution in [3.05, 3.63) is 35.2 Å². The summed E-state index contributed by atoms with van der Waals surface area (Å²) in [6.45, 7) is 6.09. The lowest BCUT2D eigenvalue weighted by Crippen LogP contribution is -2.23. The van der Waals surface area contributed by atoms with Crippen LogP contribution in [-0.2, 0) is 0 Å². The SMILES string of the molecule is CCC(C)(C)C(=O)c1cccc2ccsc12. The zero-order chi connectivity index (χ0) is 11.8. The highest BCUT2D eigenvalue weighted by molar-refractivity contribution is 7.17. The Balaban J connectivity index is 2.55. The molecule has 0 radical (unpaired) electrons. The Labute approximate surface area is 100 Å². The molecular weight excluding hydrogens is 216 g/mol. The molecule has 0 aliphatic heterocycles. The Kier molecular flexibility index (Phi) is 2.85. The molecule has 0 spiro atoms. The molecule has 0 N–H and O–H groups in total. The monoisotopic (exact) mass is 232 g/mol. The topological polar surface area (TPSA) is 17.1 Å². The lowest BCUT2D eigenvalue weighted by Gasteiger charge is -2.21. The van der Waals surface area contributed by atoms with Crippen LogP contribution < -0.4 is 0 Å². The Morgan fingerprint density at radius 3 is 2.75 bits per heavy atom. The summed E-state index contributed by atoms with van der Waals surface area (Å²) >= 11 is 1.65. The standard InChI is InChI=1S/C14H16OS/c1-4-14(2,3)13(15)11-7-5-6-10-8-9-16-12(10)11/h5-9H,4H2,1-3H3. The maximum absolute atomic E-state index is 12.4. The third-order valence-corrected chi connectivity index (χ3v) is 4.19. The fourth-order valence-corrected chi connectivity index (χ4v) is 2.61. The molecule has 0 saturated heterocycles. The number of carbonyl (C=O) groups is 1. The summed E-state index contributed by atoms with van der Waals surface area (Å²) in [6.07, 6.45) is 0.869. The van der Waals surface area contributed by atoms with Crippen molar-refractivity contribution in [2.45, 2.75) is 27.2 Å². The largest absolute Gasteiger partial charge is 0.294 e. The van der Waals surface area contributed by atoms with Gasteiger partial charge in [-0.25, -0.2) is 0 Å². The van der Waals surface area contributed by atoms with Crippen molar-refractivity contribution in [3.63, 3.8) is 0 Å². The minimum absolute atomic E-state index is 0.253. The van der Waals surface area contributed by atoms with Crippen LogP contribution in [0.2, 0.25) is 0 Å². The van der Waals surface area contributed by atoms with E-state index < -0.39 is 0 Å². The van der Waals surface area contributed by atoms with Crippen LogP contribution in [0.15, 0.2) is 29.6 Å². The van der Waals surface area contributed by atoms with Crippen LogP contribution in [0.4, 0.5) is 0 Å². The van der Waals surface area contributed by atoms with Gasteiger partial charge in [0.25, 0.3) is 0 Å². The van der Waals surface area contributed by atoms with Gasteiger partial charge in [0.05, 0.1) is 0 Å². The van der Waals surface area contributed by atoms with Gasteiger partial charge in [-0.05, 0) is 29.3 Å². The third-order valence-electron chi connectivity index (χ3n) is 3.22. The number of thiophene rings is 1. The lowest BCUT2D eigenvalue weighted by molar-refractivity contribution is 0.0835. The smallest absolute Gasteiger partial charge is 0.169 e. The molecule has 0 bridgehead atoms. The predicted molar refractivity (Wildman–Crippen MR) is 70.2 cm³/mol. The summed E-state index contributed by atoms with van der Waals surface area (Å²) < 4.78 is 1.12. The second-order valence-corrected chi connectivity index (χ2v) is 5.63. The number of fused-ring (bicyclic) bond motifs is 1. The first-order valence-corrected chi connectivity index (χ1v) is 6.45. The van der Waals surface area contributed by atoms with Gasteiger partial charge in [0.1, 0.15) is 0 Å². The molecule has 1 heterocycles. The van der Waals surface area contributed by atoms with E-state index in [0.717, 1.165) is 16.7 Å². The van der Waals surface area contributed by atoms with E-state index in [4.69, 9.17) is 0 Å². The van der Waals surface area contributed by atoms with Crippen LogP contribution in [0.5, 0.6) is 0 Å². The fraction of sp³-hybridized carbons (Fsp3) is 0.357. The number of rotatable bonds is 3. The number of Topliss-reactive ketones (excluding diaryl/α,β-unsaturated/α-hetero) is 1. The number of hydrogen-bond donors (Lipinski definition) is 0. The van der Waals surface area contributed by atoms with Crippen molar-refractivity contribution in [2.75, 3.05) is 0 Å². The van der Waals surface area contributed by atoms with Gasteiger partial charge in [-0.2, -0.15) is 0 Å². The summed E-state index contributed by atoms with van der Waals surface area (Å²) in [7, 11) is 0. The summed E-state index contributed by atoms with van der Waals surface area (Å²) in [5.74, 6) is 0.253. The van der Waals surface area contributed by atoms with E-state index in [2.05, 4.69) is 19.1 Å². The lowest BCUT2D eigenvalue weighted by atomic mass is 9.82. The first-order chi connectivity index (χ1) is 7.56. The van der Waals surface area contributed by atoms with E-state index in [1.165, 1.54) is 5.39 Å². The molecule has 0 atom stereocenters. The number of carbonyl (C=O) groups excluding carboxylic acids is 1. The molecule has 0 amide bonds. The maximum atomic E-state index is 12.4. The van der Waals surface area contributed by atoms with E-state index >= 15 is 0 Å². The Morgan fingerprint density at radius 1 is 1.31 bits per heavy atom. The zero-order valence-electron chi connectivity index (χ0n) is 9.91. The van der Waals surface area contributed by atoms with Crippen LogP contribution in [0, 0.1) is 5.41 Å². The second-order valence-electron chi connectivity index (χ2n) is 4.71. The van der Waals surface area contributed by atoms with Gasteiger partial charge < -0.3 is 0 Å². The minimum atomic E-state index is -0.266. The Morgan fingerprint density at radius 2 is 2.06 bits per heavy atom. The van der Waals surface area contributed by atoms with Gasteiger partial charge in [-0.15, -0.1) is 11.3 Å². The van der Waals surface area contributed by atoms with Gasteiger partial charge >= 0.3 is 0 Å². The summed E-state index contributed by atoms with van der Waals surface area (Å²) in [5, 5.41) is 3.21. The van der Waals surface area contributed by atoms with Gasteiger partial charge in [0.2, 0.25) is 0 Å². The van der Waals surface area contributed by atoms with Gasteiger partial charge in [0.15, 0.2) is 5.78 Å². The molecule has 2 rings (SSSR count). The second kappa shape index (κ2) is 4.02. The van der Waals surface area contributed by atoms with Gasteiger partial charge in [0, 0.05) is 15.7 Å². The molecule has 84 valence electrons. The van der Waals surface area contributed by atoms with E-state index in [9.17, 15) is 4.79 Å².